The van der Waals surface area contributed by atoms with Gasteiger partial charge in [-0.2, -0.15) is 5.26 Å². The molecule has 66 valence electrons. The summed E-state index contributed by atoms with van der Waals surface area (Å²) in [5.41, 5.74) is 7.94. The van der Waals surface area contributed by atoms with Crippen LogP contribution in [0.4, 0.5) is 0 Å². The third-order valence-corrected chi connectivity index (χ3v) is 1.38. The van der Waals surface area contributed by atoms with Gasteiger partial charge >= 0.3 is 0 Å². The lowest BCUT2D eigenvalue weighted by molar-refractivity contribution is 0.260. The zero-order valence-corrected chi connectivity index (χ0v) is 6.94. The highest BCUT2D eigenvalue weighted by Crippen LogP contribution is 1.99. The summed E-state index contributed by atoms with van der Waals surface area (Å²) < 4.78 is 4.48. The largest absolute Gasteiger partial charge is 0.428 e. The summed E-state index contributed by atoms with van der Waals surface area (Å²) in [6.45, 7) is 1.06. The number of rotatable bonds is 7. The topological polar surface area (TPSA) is 81.8 Å². The van der Waals surface area contributed by atoms with Gasteiger partial charge in [-0.05, 0) is 18.4 Å². The Hall–Kier alpha value is -1.40. The molecule has 0 fully saturated rings. The number of hydrogen-bond donors (Lipinski definition) is 0. The summed E-state index contributed by atoms with van der Waals surface area (Å²) in [6.07, 6.45) is 5.46. The quantitative estimate of drug-likeness (QED) is 0.192. The molecule has 0 aromatic heterocycles. The van der Waals surface area contributed by atoms with Gasteiger partial charge in [0.25, 0.3) is 6.26 Å². The van der Waals surface area contributed by atoms with Crippen LogP contribution in [0.5, 0.6) is 0 Å². The van der Waals surface area contributed by atoms with Gasteiger partial charge in [0.15, 0.2) is 0 Å². The molecule has 5 nitrogen and oxygen atoms in total. The highest BCUT2D eigenvalue weighted by Gasteiger charge is 1.88. The molecule has 0 aliphatic carbocycles. The lowest BCUT2D eigenvalue weighted by Crippen LogP contribution is -1.88. The Bertz CT molecular complexity index is 180. The summed E-state index contributed by atoms with van der Waals surface area (Å²) in [5, 5.41) is 11.4. The monoisotopic (exact) mass is 168 g/mol. The van der Waals surface area contributed by atoms with Crippen molar-refractivity contribution in [2.24, 2.45) is 5.11 Å². The van der Waals surface area contributed by atoms with Gasteiger partial charge < -0.3 is 4.74 Å². The predicted molar refractivity (Wildman–Crippen MR) is 44.0 cm³/mol. The first-order valence-electron chi connectivity index (χ1n) is 3.93. The summed E-state index contributed by atoms with van der Waals surface area (Å²) in [5.74, 6) is 0. The molecule has 0 aliphatic heterocycles. The van der Waals surface area contributed by atoms with E-state index >= 15 is 0 Å². The number of unbranched alkanes of at least 4 members (excludes halogenated alkanes) is 3. The third kappa shape index (κ3) is 8.60. The molecule has 0 unspecified atom stereocenters. The fourth-order valence-electron chi connectivity index (χ4n) is 0.801. The van der Waals surface area contributed by atoms with Crippen molar-refractivity contribution in [2.75, 3.05) is 13.2 Å². The third-order valence-electron chi connectivity index (χ3n) is 1.38. The molecule has 0 aliphatic rings. The second kappa shape index (κ2) is 9.60. The van der Waals surface area contributed by atoms with Crippen LogP contribution in [0, 0.1) is 11.5 Å². The smallest absolute Gasteiger partial charge is 0.286 e. The molecule has 0 amide bonds. The van der Waals surface area contributed by atoms with E-state index in [0.717, 1.165) is 25.7 Å². The van der Waals surface area contributed by atoms with Gasteiger partial charge in [-0.25, -0.2) is 0 Å². The number of nitriles is 1. The second-order valence-electron chi connectivity index (χ2n) is 2.31. The maximum absolute atomic E-state index is 8.01. The SMILES string of the molecule is N#COCCCCCCN=[N+]=[N-]. The Morgan fingerprint density at radius 2 is 2.08 bits per heavy atom. The second-order valence-corrected chi connectivity index (χ2v) is 2.31. The fraction of sp³-hybridized carbons (Fsp3) is 0.857. The molecule has 0 aromatic carbocycles. The maximum atomic E-state index is 8.01. The van der Waals surface area contributed by atoms with E-state index in [1.807, 2.05) is 0 Å². The van der Waals surface area contributed by atoms with Crippen LogP contribution in [0.15, 0.2) is 5.11 Å². The van der Waals surface area contributed by atoms with Crippen LogP contribution in [-0.4, -0.2) is 13.2 Å². The van der Waals surface area contributed by atoms with Gasteiger partial charge in [-0.3, -0.25) is 0 Å². The number of nitrogens with zero attached hydrogens (tertiary/aromatic N) is 4. The lowest BCUT2D eigenvalue weighted by atomic mass is 10.2. The van der Waals surface area contributed by atoms with E-state index in [1.54, 1.807) is 6.26 Å². The van der Waals surface area contributed by atoms with Crippen molar-refractivity contribution >= 4 is 0 Å². The molecule has 0 radical (unpaired) electrons. The van der Waals surface area contributed by atoms with E-state index in [4.69, 9.17) is 10.8 Å². The first kappa shape index (κ1) is 10.6. The highest BCUT2D eigenvalue weighted by molar-refractivity contribution is 4.51. The van der Waals surface area contributed by atoms with Crippen LogP contribution in [0.2, 0.25) is 0 Å². The minimum Gasteiger partial charge on any atom is -0.428 e. The molecule has 0 aromatic rings. The molecule has 0 N–H and O–H groups in total. The summed E-state index contributed by atoms with van der Waals surface area (Å²) in [6, 6.07) is 0. The van der Waals surface area contributed by atoms with Crippen molar-refractivity contribution in [3.8, 4) is 6.26 Å². The molecule has 5 heteroatoms. The standard InChI is InChI=1S/C7H12N4O/c8-7-12-6-4-2-1-3-5-10-11-9/h1-6H2. The Morgan fingerprint density at radius 1 is 1.33 bits per heavy atom. The van der Waals surface area contributed by atoms with E-state index in [2.05, 4.69) is 14.8 Å². The van der Waals surface area contributed by atoms with E-state index in [9.17, 15) is 0 Å². The van der Waals surface area contributed by atoms with Crippen molar-refractivity contribution in [3.63, 3.8) is 0 Å². The molecular weight excluding hydrogens is 156 g/mol. The van der Waals surface area contributed by atoms with E-state index in [0.29, 0.717) is 13.2 Å². The molecule has 0 saturated heterocycles. The predicted octanol–water partition coefficient (Wildman–Crippen LogP) is 2.35. The zero-order chi connectivity index (χ0) is 9.07. The first-order chi connectivity index (χ1) is 5.91. The zero-order valence-electron chi connectivity index (χ0n) is 6.94. The van der Waals surface area contributed by atoms with Gasteiger partial charge in [0, 0.05) is 11.5 Å². The van der Waals surface area contributed by atoms with Crippen LogP contribution >= 0.6 is 0 Å². The molecular formula is C7H12N4O. The average molecular weight is 168 g/mol. The highest BCUT2D eigenvalue weighted by atomic mass is 16.5. The van der Waals surface area contributed by atoms with Gasteiger partial charge in [0.1, 0.15) is 6.61 Å². The van der Waals surface area contributed by atoms with Crippen molar-refractivity contribution in [1.29, 1.82) is 5.26 Å². The lowest BCUT2D eigenvalue weighted by Gasteiger charge is -1.96. The molecule has 0 saturated carbocycles. The normalized spacial score (nSPS) is 8.25. The van der Waals surface area contributed by atoms with Crippen LogP contribution in [0.1, 0.15) is 25.7 Å². The van der Waals surface area contributed by atoms with Crippen LogP contribution < -0.4 is 0 Å². The Kier molecular flexibility index (Phi) is 8.48. The number of ether oxygens (including phenoxy) is 1. The molecule has 12 heavy (non-hydrogen) atoms. The Balaban J connectivity index is 2.91. The molecule has 0 bridgehead atoms. The summed E-state index contributed by atoms with van der Waals surface area (Å²) in [4.78, 5) is 2.64. The molecule has 0 atom stereocenters. The van der Waals surface area contributed by atoms with Crippen molar-refractivity contribution in [1.82, 2.24) is 0 Å². The van der Waals surface area contributed by atoms with Crippen molar-refractivity contribution in [3.05, 3.63) is 10.4 Å². The number of hydrogen-bond acceptors (Lipinski definition) is 3. The minimum atomic E-state index is 0.498. The van der Waals surface area contributed by atoms with Gasteiger partial charge in [-0.1, -0.05) is 18.0 Å². The molecule has 0 heterocycles. The summed E-state index contributed by atoms with van der Waals surface area (Å²) >= 11 is 0. The van der Waals surface area contributed by atoms with Gasteiger partial charge in [0.2, 0.25) is 0 Å². The maximum Gasteiger partial charge on any atom is 0.286 e. The first-order valence-corrected chi connectivity index (χ1v) is 3.93. The van der Waals surface area contributed by atoms with Crippen molar-refractivity contribution < 1.29 is 4.74 Å². The minimum absolute atomic E-state index is 0.498. The van der Waals surface area contributed by atoms with Gasteiger partial charge in [-0.15, -0.1) is 0 Å². The van der Waals surface area contributed by atoms with E-state index in [-0.39, 0.29) is 0 Å². The molecule has 0 rings (SSSR count). The fourth-order valence-corrected chi connectivity index (χ4v) is 0.801. The van der Waals surface area contributed by atoms with Crippen LogP contribution in [0.3, 0.4) is 0 Å². The average Bonchev–Trinajstić information content (AvgIpc) is 2.10. The van der Waals surface area contributed by atoms with E-state index < -0.39 is 0 Å². The van der Waals surface area contributed by atoms with Crippen LogP contribution in [-0.2, 0) is 4.74 Å². The van der Waals surface area contributed by atoms with Gasteiger partial charge in [0.05, 0.1) is 0 Å². The number of azide groups is 1. The van der Waals surface area contributed by atoms with E-state index in [1.165, 1.54) is 0 Å². The summed E-state index contributed by atoms with van der Waals surface area (Å²) in [7, 11) is 0. The Morgan fingerprint density at radius 3 is 2.75 bits per heavy atom. The molecule has 0 spiro atoms. The van der Waals surface area contributed by atoms with Crippen molar-refractivity contribution in [2.45, 2.75) is 25.7 Å². The van der Waals surface area contributed by atoms with Crippen LogP contribution in [0.25, 0.3) is 10.4 Å². The Labute approximate surface area is 71.6 Å².